The third-order valence-electron chi connectivity index (χ3n) is 3.36. The molecule has 0 radical (unpaired) electrons. The molecule has 4 nitrogen and oxygen atoms in total. The van der Waals surface area contributed by atoms with Gasteiger partial charge in [-0.15, -0.1) is 13.2 Å². The molecular weight excluding hydrogens is 256 g/mol. The predicted octanol–water partition coefficient (Wildman–Crippen LogP) is 2.82. The van der Waals surface area contributed by atoms with Crippen LogP contribution < -0.4 is 0 Å². The molecule has 3 atom stereocenters. The third-order valence-corrected chi connectivity index (χ3v) is 3.36. The number of esters is 1. The largest absolute Gasteiger partial charge is 0.465 e. The number of ketones is 1. The normalized spacial score (nSPS) is 23.4. The highest BCUT2D eigenvalue weighted by Crippen LogP contribution is 2.22. The van der Waals surface area contributed by atoms with Gasteiger partial charge in [0.05, 0.1) is 18.6 Å². The van der Waals surface area contributed by atoms with Gasteiger partial charge in [0, 0.05) is 6.42 Å². The zero-order chi connectivity index (χ0) is 15.0. The number of allylic oxidation sites excluding steroid dienone is 1. The number of carbonyl (C=O) groups is 2. The van der Waals surface area contributed by atoms with Crippen molar-refractivity contribution < 1.29 is 19.1 Å². The second-order valence-corrected chi connectivity index (χ2v) is 5.18. The second kappa shape index (κ2) is 8.69. The fourth-order valence-electron chi connectivity index (χ4n) is 2.19. The van der Waals surface area contributed by atoms with Gasteiger partial charge in [0.15, 0.2) is 5.78 Å². The van der Waals surface area contributed by atoms with Crippen molar-refractivity contribution in [1.29, 1.82) is 0 Å². The maximum Gasteiger partial charge on any atom is 0.308 e. The van der Waals surface area contributed by atoms with Crippen LogP contribution in [0.2, 0.25) is 0 Å². The number of carbonyl (C=O) groups excluding carboxylic acids is 2. The molecule has 1 aliphatic heterocycles. The van der Waals surface area contributed by atoms with Gasteiger partial charge in [-0.2, -0.15) is 0 Å². The first-order valence-corrected chi connectivity index (χ1v) is 7.15. The average Bonchev–Trinajstić information content (AvgIpc) is 2.76. The van der Waals surface area contributed by atoms with Crippen LogP contribution in [0, 0.1) is 5.92 Å². The van der Waals surface area contributed by atoms with E-state index in [0.717, 1.165) is 6.42 Å². The average molecular weight is 280 g/mol. The van der Waals surface area contributed by atoms with Gasteiger partial charge in [-0.25, -0.2) is 0 Å². The molecule has 1 aliphatic rings. The number of rotatable bonds is 9. The molecule has 0 N–H and O–H groups in total. The van der Waals surface area contributed by atoms with E-state index in [-0.39, 0.29) is 29.9 Å². The summed E-state index contributed by atoms with van der Waals surface area (Å²) in [4.78, 5) is 23.2. The molecule has 20 heavy (non-hydrogen) atoms. The van der Waals surface area contributed by atoms with Crippen LogP contribution in [0.25, 0.3) is 0 Å². The van der Waals surface area contributed by atoms with Gasteiger partial charge in [-0.05, 0) is 25.7 Å². The molecule has 0 aromatic rings. The minimum atomic E-state index is -0.326. The zero-order valence-electron chi connectivity index (χ0n) is 12.2. The maximum atomic E-state index is 11.6. The number of hydrogen-bond acceptors (Lipinski definition) is 4. The van der Waals surface area contributed by atoms with Crippen molar-refractivity contribution in [1.82, 2.24) is 0 Å². The van der Waals surface area contributed by atoms with Gasteiger partial charge >= 0.3 is 5.97 Å². The first-order valence-electron chi connectivity index (χ1n) is 7.15. The smallest absolute Gasteiger partial charge is 0.308 e. The first kappa shape index (κ1) is 16.6. The SMILES string of the molecule is C=CC[C@@H]1O[C@@H](CCCOC(=O)[C@@H](C)CC=C)CC1=O. The molecule has 4 heteroatoms. The zero-order valence-corrected chi connectivity index (χ0v) is 12.2. The van der Waals surface area contributed by atoms with E-state index in [1.54, 1.807) is 12.2 Å². The molecule has 1 saturated heterocycles. The Labute approximate surface area is 120 Å². The van der Waals surface area contributed by atoms with Crippen molar-refractivity contribution in [3.05, 3.63) is 25.3 Å². The highest BCUT2D eigenvalue weighted by atomic mass is 16.5. The molecule has 1 fully saturated rings. The number of ether oxygens (including phenoxy) is 2. The third kappa shape index (κ3) is 5.29. The second-order valence-electron chi connectivity index (χ2n) is 5.18. The summed E-state index contributed by atoms with van der Waals surface area (Å²) in [6.07, 6.45) is 6.15. The maximum absolute atomic E-state index is 11.6. The van der Waals surface area contributed by atoms with Crippen LogP contribution >= 0.6 is 0 Å². The quantitative estimate of drug-likeness (QED) is 0.370. The Morgan fingerprint density at radius 1 is 1.50 bits per heavy atom. The summed E-state index contributed by atoms with van der Waals surface area (Å²) in [5.41, 5.74) is 0. The first-order chi connectivity index (χ1) is 9.58. The molecule has 0 saturated carbocycles. The minimum absolute atomic E-state index is 0.0447. The van der Waals surface area contributed by atoms with Crippen molar-refractivity contribution in [3.8, 4) is 0 Å². The lowest BCUT2D eigenvalue weighted by atomic mass is 10.1. The van der Waals surface area contributed by atoms with Gasteiger partial charge < -0.3 is 9.47 Å². The van der Waals surface area contributed by atoms with Crippen LogP contribution in [0.4, 0.5) is 0 Å². The van der Waals surface area contributed by atoms with Gasteiger partial charge in [0.25, 0.3) is 0 Å². The molecular formula is C16H24O4. The van der Waals surface area contributed by atoms with Gasteiger partial charge in [0.1, 0.15) is 6.10 Å². The number of hydrogen-bond donors (Lipinski definition) is 0. The van der Waals surface area contributed by atoms with Crippen LogP contribution in [-0.4, -0.2) is 30.6 Å². The van der Waals surface area contributed by atoms with E-state index in [0.29, 0.717) is 32.3 Å². The van der Waals surface area contributed by atoms with E-state index in [2.05, 4.69) is 13.2 Å². The van der Waals surface area contributed by atoms with Crippen molar-refractivity contribution in [3.63, 3.8) is 0 Å². The topological polar surface area (TPSA) is 52.6 Å². The summed E-state index contributed by atoms with van der Waals surface area (Å²) >= 11 is 0. The van der Waals surface area contributed by atoms with Crippen LogP contribution in [0.1, 0.15) is 39.0 Å². The van der Waals surface area contributed by atoms with E-state index in [9.17, 15) is 9.59 Å². The van der Waals surface area contributed by atoms with Crippen LogP contribution in [0.5, 0.6) is 0 Å². The van der Waals surface area contributed by atoms with Crippen molar-refractivity contribution in [2.75, 3.05) is 6.61 Å². The lowest BCUT2D eigenvalue weighted by Gasteiger charge is -2.12. The lowest BCUT2D eigenvalue weighted by Crippen LogP contribution is -2.16. The standard InChI is InChI=1S/C16H24O4/c1-4-7-12(3)16(18)19-10-6-9-13-11-14(17)15(20-13)8-5-2/h4-5,12-13,15H,1-2,6-11H2,3H3/t12-,13-,15-/m0/s1. The van der Waals surface area contributed by atoms with Gasteiger partial charge in [0.2, 0.25) is 0 Å². The molecule has 0 aromatic carbocycles. The molecule has 0 unspecified atom stereocenters. The molecule has 0 spiro atoms. The molecule has 1 heterocycles. The Morgan fingerprint density at radius 3 is 2.90 bits per heavy atom. The van der Waals surface area contributed by atoms with Crippen molar-refractivity contribution in [2.45, 2.75) is 51.2 Å². The summed E-state index contributed by atoms with van der Waals surface area (Å²) in [6.45, 7) is 9.41. The van der Waals surface area contributed by atoms with Crippen molar-refractivity contribution >= 4 is 11.8 Å². The van der Waals surface area contributed by atoms with E-state index < -0.39 is 0 Å². The van der Waals surface area contributed by atoms with Gasteiger partial charge in [-0.3, -0.25) is 9.59 Å². The summed E-state index contributed by atoms with van der Waals surface area (Å²) in [6, 6.07) is 0. The highest BCUT2D eigenvalue weighted by Gasteiger charge is 2.31. The number of Topliss-reactive ketones (excluding diaryl/α,β-unsaturated/α-hetero) is 1. The van der Waals surface area contributed by atoms with E-state index in [4.69, 9.17) is 9.47 Å². The predicted molar refractivity (Wildman–Crippen MR) is 77.3 cm³/mol. The Hall–Kier alpha value is -1.42. The Balaban J connectivity index is 2.16. The molecule has 0 aliphatic carbocycles. The monoisotopic (exact) mass is 280 g/mol. The van der Waals surface area contributed by atoms with E-state index in [1.807, 2.05) is 6.92 Å². The van der Waals surface area contributed by atoms with Crippen molar-refractivity contribution in [2.24, 2.45) is 5.92 Å². The summed E-state index contributed by atoms with van der Waals surface area (Å²) in [7, 11) is 0. The lowest BCUT2D eigenvalue weighted by molar-refractivity contribution is -0.148. The summed E-state index contributed by atoms with van der Waals surface area (Å²) in [5, 5.41) is 0. The highest BCUT2D eigenvalue weighted by molar-refractivity contribution is 5.85. The van der Waals surface area contributed by atoms with Crippen LogP contribution in [0.3, 0.4) is 0 Å². The Kier molecular flexibility index (Phi) is 7.23. The van der Waals surface area contributed by atoms with Crippen LogP contribution in [-0.2, 0) is 19.1 Å². The minimum Gasteiger partial charge on any atom is -0.465 e. The fourth-order valence-corrected chi connectivity index (χ4v) is 2.19. The van der Waals surface area contributed by atoms with Gasteiger partial charge in [-0.1, -0.05) is 19.1 Å². The molecule has 1 rings (SSSR count). The Morgan fingerprint density at radius 2 is 2.25 bits per heavy atom. The van der Waals surface area contributed by atoms with Crippen LogP contribution in [0.15, 0.2) is 25.3 Å². The molecule has 0 bridgehead atoms. The molecule has 112 valence electrons. The van der Waals surface area contributed by atoms with E-state index >= 15 is 0 Å². The Bertz CT molecular complexity index is 361. The summed E-state index contributed by atoms with van der Waals surface area (Å²) in [5.74, 6) is -0.196. The molecule has 0 aromatic heterocycles. The van der Waals surface area contributed by atoms with E-state index in [1.165, 1.54) is 0 Å². The fraction of sp³-hybridized carbons (Fsp3) is 0.625. The molecule has 0 amide bonds. The summed E-state index contributed by atoms with van der Waals surface area (Å²) < 4.78 is 10.8.